The average molecular weight is 444 g/mol. The molecule has 3 aromatic rings. The van der Waals surface area contributed by atoms with Crippen molar-refractivity contribution < 1.29 is 14.9 Å². The Kier molecular flexibility index (Phi) is 8.46. The van der Waals surface area contributed by atoms with Gasteiger partial charge in [-0.05, 0) is 54.7 Å². The van der Waals surface area contributed by atoms with Crippen LogP contribution in [0.25, 0.3) is 0 Å². The van der Waals surface area contributed by atoms with E-state index in [0.717, 1.165) is 26.7 Å². The molecule has 30 heavy (non-hydrogen) atoms. The summed E-state index contributed by atoms with van der Waals surface area (Å²) < 4.78 is 5.91. The van der Waals surface area contributed by atoms with E-state index in [4.69, 9.17) is 27.2 Å². The second-order valence-electron chi connectivity index (χ2n) is 7.07. The van der Waals surface area contributed by atoms with Gasteiger partial charge in [-0.3, -0.25) is 0 Å². The van der Waals surface area contributed by atoms with E-state index in [1.54, 1.807) is 11.8 Å². The summed E-state index contributed by atoms with van der Waals surface area (Å²) in [5.74, 6) is 0.724. The minimum atomic E-state index is -0.512. The highest BCUT2D eigenvalue weighted by atomic mass is 35.5. The molecule has 6 heteroatoms. The van der Waals surface area contributed by atoms with E-state index in [2.05, 4.69) is 0 Å². The third-order valence-corrected chi connectivity index (χ3v) is 5.93. The van der Waals surface area contributed by atoms with Crippen LogP contribution in [-0.4, -0.2) is 22.9 Å². The van der Waals surface area contributed by atoms with E-state index >= 15 is 0 Å². The molecule has 0 aliphatic carbocycles. The van der Waals surface area contributed by atoms with Gasteiger partial charge in [-0.1, -0.05) is 59.8 Å². The van der Waals surface area contributed by atoms with E-state index in [-0.39, 0.29) is 6.61 Å². The molecule has 0 aliphatic rings. The van der Waals surface area contributed by atoms with Crippen LogP contribution in [0, 0.1) is 0 Å². The lowest BCUT2D eigenvalue weighted by atomic mass is 10.1. The number of ether oxygens (including phenoxy) is 1. The van der Waals surface area contributed by atoms with Crippen molar-refractivity contribution in [1.82, 2.24) is 0 Å². The van der Waals surface area contributed by atoms with Crippen LogP contribution in [0.15, 0.2) is 76.5 Å². The van der Waals surface area contributed by atoms with Crippen molar-refractivity contribution in [3.05, 3.63) is 82.9 Å². The maximum atomic E-state index is 9.79. The molecule has 3 aromatic carbocycles. The van der Waals surface area contributed by atoms with E-state index < -0.39 is 6.10 Å². The smallest absolute Gasteiger partial charge is 0.122 e. The first-order valence-corrected chi connectivity index (χ1v) is 11.1. The number of nitrogens with two attached hydrogens (primary N) is 1. The zero-order chi connectivity index (χ0) is 21.3. The van der Waals surface area contributed by atoms with Crippen molar-refractivity contribution >= 4 is 29.1 Å². The number of aliphatic hydroxyl groups is 2. The van der Waals surface area contributed by atoms with Gasteiger partial charge < -0.3 is 20.7 Å². The zero-order valence-electron chi connectivity index (χ0n) is 16.6. The van der Waals surface area contributed by atoms with Crippen LogP contribution < -0.4 is 10.5 Å². The summed E-state index contributed by atoms with van der Waals surface area (Å²) in [5, 5.41) is 19.3. The van der Waals surface area contributed by atoms with E-state index in [1.165, 1.54) is 0 Å². The van der Waals surface area contributed by atoms with Gasteiger partial charge in [-0.25, -0.2) is 0 Å². The van der Waals surface area contributed by atoms with Crippen molar-refractivity contribution in [2.45, 2.75) is 41.8 Å². The van der Waals surface area contributed by atoms with E-state index in [1.807, 2.05) is 66.7 Å². The highest BCUT2D eigenvalue weighted by Gasteiger charge is 2.09. The molecule has 0 saturated heterocycles. The molecular weight excluding hydrogens is 418 g/mol. The number of benzene rings is 3. The molecule has 0 radical (unpaired) electrons. The largest absolute Gasteiger partial charge is 0.489 e. The minimum absolute atomic E-state index is 0.0122. The van der Waals surface area contributed by atoms with Crippen LogP contribution in [0.1, 0.15) is 24.0 Å². The van der Waals surface area contributed by atoms with Crippen LogP contribution in [0.4, 0.5) is 5.69 Å². The number of hydrogen-bond acceptors (Lipinski definition) is 5. The Morgan fingerprint density at radius 2 is 1.77 bits per heavy atom. The summed E-state index contributed by atoms with van der Waals surface area (Å²) in [5.41, 5.74) is 8.79. The average Bonchev–Trinajstić information content (AvgIpc) is 2.72. The molecule has 0 saturated carbocycles. The Morgan fingerprint density at radius 3 is 2.50 bits per heavy atom. The molecule has 0 spiro atoms. The Bertz CT molecular complexity index is 952. The molecule has 3 rings (SSSR count). The summed E-state index contributed by atoms with van der Waals surface area (Å²) in [7, 11) is 0. The first-order chi connectivity index (χ1) is 14.5. The van der Waals surface area contributed by atoms with Crippen molar-refractivity contribution in [3.8, 4) is 5.75 Å². The summed E-state index contributed by atoms with van der Waals surface area (Å²) >= 11 is 8.01. The van der Waals surface area contributed by atoms with Gasteiger partial charge in [-0.2, -0.15) is 0 Å². The molecule has 1 atom stereocenters. The topological polar surface area (TPSA) is 75.7 Å². The van der Waals surface area contributed by atoms with Crippen LogP contribution in [0.5, 0.6) is 5.75 Å². The number of aryl methyl sites for hydroxylation is 1. The summed E-state index contributed by atoms with van der Waals surface area (Å²) in [4.78, 5) is 1.97. The summed E-state index contributed by atoms with van der Waals surface area (Å²) in [6.45, 7) is 0.471. The molecule has 0 fully saturated rings. The lowest BCUT2D eigenvalue weighted by Crippen LogP contribution is -2.09. The van der Waals surface area contributed by atoms with Crippen molar-refractivity contribution in [2.75, 3.05) is 12.3 Å². The lowest BCUT2D eigenvalue weighted by Gasteiger charge is -2.12. The molecule has 0 heterocycles. The normalized spacial score (nSPS) is 12.0. The molecular formula is C24H26ClNO3S. The Hall–Kier alpha value is -2.18. The van der Waals surface area contributed by atoms with Crippen molar-refractivity contribution in [2.24, 2.45) is 0 Å². The Labute approximate surface area is 186 Å². The van der Waals surface area contributed by atoms with E-state index in [0.29, 0.717) is 36.6 Å². The van der Waals surface area contributed by atoms with Gasteiger partial charge in [0.25, 0.3) is 0 Å². The molecule has 0 aliphatic heterocycles. The van der Waals surface area contributed by atoms with Gasteiger partial charge in [0.05, 0.1) is 6.10 Å². The molecule has 0 amide bonds. The molecule has 158 valence electrons. The predicted molar refractivity (Wildman–Crippen MR) is 123 cm³/mol. The SMILES string of the molecule is Nc1cc(OCc2ccccc2)cc(Sc2ccc(CCC(O)CCO)c(Cl)c2)c1. The molecule has 1 unspecified atom stereocenters. The molecule has 4 N–H and O–H groups in total. The number of rotatable bonds is 10. The first kappa shape index (κ1) is 22.5. The summed E-state index contributed by atoms with van der Waals surface area (Å²) in [6.07, 6.45) is 1.11. The quantitative estimate of drug-likeness (QED) is 0.369. The molecule has 4 nitrogen and oxygen atoms in total. The fourth-order valence-corrected chi connectivity index (χ4v) is 4.32. The molecule has 0 aromatic heterocycles. The maximum absolute atomic E-state index is 9.79. The number of aliphatic hydroxyl groups excluding tert-OH is 2. The lowest BCUT2D eigenvalue weighted by molar-refractivity contribution is 0.125. The highest BCUT2D eigenvalue weighted by Crippen LogP contribution is 2.34. The summed E-state index contributed by atoms with van der Waals surface area (Å²) in [6, 6.07) is 21.6. The third kappa shape index (κ3) is 6.96. The fourth-order valence-electron chi connectivity index (χ4n) is 3.02. The van der Waals surface area contributed by atoms with Gasteiger partial charge >= 0.3 is 0 Å². The van der Waals surface area contributed by atoms with Crippen LogP contribution in [0.3, 0.4) is 0 Å². The van der Waals surface area contributed by atoms with Crippen LogP contribution in [-0.2, 0) is 13.0 Å². The van der Waals surface area contributed by atoms with Gasteiger partial charge in [0.15, 0.2) is 0 Å². The van der Waals surface area contributed by atoms with Crippen molar-refractivity contribution in [3.63, 3.8) is 0 Å². The second kappa shape index (κ2) is 11.3. The fraction of sp³-hybridized carbons (Fsp3) is 0.250. The van der Waals surface area contributed by atoms with Gasteiger partial charge in [0, 0.05) is 33.2 Å². The number of nitrogen functional groups attached to an aromatic ring is 1. The highest BCUT2D eigenvalue weighted by molar-refractivity contribution is 7.99. The van der Waals surface area contributed by atoms with Gasteiger partial charge in [0.1, 0.15) is 12.4 Å². The standard InChI is InChI=1S/C24H26ClNO3S/c25-24-15-22(9-7-18(24)6-8-20(28)10-11-27)30-23-13-19(26)12-21(14-23)29-16-17-4-2-1-3-5-17/h1-5,7,9,12-15,20,27-28H,6,8,10-11,16,26H2. The van der Waals surface area contributed by atoms with Gasteiger partial charge in [-0.15, -0.1) is 0 Å². The number of anilines is 1. The first-order valence-electron chi connectivity index (χ1n) is 9.86. The van der Waals surface area contributed by atoms with E-state index in [9.17, 15) is 5.11 Å². The Balaban J connectivity index is 1.64. The van der Waals surface area contributed by atoms with Crippen molar-refractivity contribution in [1.29, 1.82) is 0 Å². The monoisotopic (exact) mass is 443 g/mol. The van der Waals surface area contributed by atoms with Crippen LogP contribution >= 0.6 is 23.4 Å². The molecule has 0 bridgehead atoms. The zero-order valence-corrected chi connectivity index (χ0v) is 18.2. The minimum Gasteiger partial charge on any atom is -0.489 e. The maximum Gasteiger partial charge on any atom is 0.122 e. The van der Waals surface area contributed by atoms with Gasteiger partial charge in [0.2, 0.25) is 0 Å². The Morgan fingerprint density at radius 1 is 0.967 bits per heavy atom. The van der Waals surface area contributed by atoms with Crippen LogP contribution in [0.2, 0.25) is 5.02 Å². The third-order valence-electron chi connectivity index (χ3n) is 4.62. The predicted octanol–water partition coefficient (Wildman–Crippen LogP) is 5.33. The number of halogens is 1. The number of hydrogen-bond donors (Lipinski definition) is 3. The second-order valence-corrected chi connectivity index (χ2v) is 8.63.